The minimum Gasteiger partial charge on any atom is -0.370 e. The number of hydrogen-bond acceptors (Lipinski definition) is 3. The van der Waals surface area contributed by atoms with E-state index in [1.54, 1.807) is 11.1 Å². The Kier molecular flexibility index (Phi) is 5.29. The van der Waals surface area contributed by atoms with E-state index in [2.05, 4.69) is 10.3 Å². The third-order valence-electron chi connectivity index (χ3n) is 3.51. The van der Waals surface area contributed by atoms with Gasteiger partial charge >= 0.3 is 0 Å². The van der Waals surface area contributed by atoms with E-state index < -0.39 is 0 Å². The number of nitrogens with two attached hydrogens (primary N) is 1. The van der Waals surface area contributed by atoms with E-state index in [1.165, 1.54) is 19.3 Å². The molecule has 5 nitrogen and oxygen atoms in total. The molecule has 1 aromatic rings. The molecule has 1 aromatic heterocycles. The van der Waals surface area contributed by atoms with Gasteiger partial charge in [-0.1, -0.05) is 25.3 Å². The second-order valence-electron chi connectivity index (χ2n) is 5.08. The Morgan fingerprint density at radius 3 is 2.75 bits per heavy atom. The van der Waals surface area contributed by atoms with Crippen LogP contribution in [0.4, 0.5) is 0 Å². The number of nitrogens with zero attached hydrogens (tertiary/aromatic N) is 2. The summed E-state index contributed by atoms with van der Waals surface area (Å²) in [5.74, 6) is -0.0519. The zero-order valence-electron chi connectivity index (χ0n) is 11.5. The quantitative estimate of drug-likeness (QED) is 0.451. The molecule has 1 fully saturated rings. The molecule has 0 aliphatic heterocycles. The van der Waals surface area contributed by atoms with Crippen LogP contribution >= 0.6 is 12.2 Å². The monoisotopic (exact) mass is 291 g/mol. The predicted molar refractivity (Wildman–Crippen MR) is 84.3 cm³/mol. The maximum absolute atomic E-state index is 7.70. The second kappa shape index (κ2) is 7.19. The lowest BCUT2D eigenvalue weighted by molar-refractivity contribution is 0.402. The van der Waals surface area contributed by atoms with Gasteiger partial charge in [0.2, 0.25) is 0 Å². The smallest absolute Gasteiger partial charge is 0.195 e. The highest BCUT2D eigenvalue weighted by Gasteiger charge is 2.19. The molecule has 0 saturated heterocycles. The van der Waals surface area contributed by atoms with Crippen molar-refractivity contribution >= 4 is 23.3 Å². The van der Waals surface area contributed by atoms with Gasteiger partial charge in [0.1, 0.15) is 0 Å². The van der Waals surface area contributed by atoms with E-state index in [0.717, 1.165) is 18.5 Å². The summed E-state index contributed by atoms with van der Waals surface area (Å²) in [4.78, 5) is 5.84. The van der Waals surface area contributed by atoms with Gasteiger partial charge in [0.25, 0.3) is 0 Å². The van der Waals surface area contributed by atoms with Crippen molar-refractivity contribution in [2.75, 3.05) is 0 Å². The van der Waals surface area contributed by atoms with Crippen LogP contribution in [0.25, 0.3) is 0 Å². The van der Waals surface area contributed by atoms with Crippen LogP contribution in [-0.4, -0.2) is 27.0 Å². The summed E-state index contributed by atoms with van der Waals surface area (Å²) in [6.07, 6.45) is 7.77. The third kappa shape index (κ3) is 4.16. The Bertz CT molecular complexity index is 456. The predicted octanol–water partition coefficient (Wildman–Crippen LogP) is 1.98. The second-order valence-corrected chi connectivity index (χ2v) is 5.46. The first kappa shape index (κ1) is 14.7. The van der Waals surface area contributed by atoms with Crippen molar-refractivity contribution in [3.8, 4) is 0 Å². The molecule has 0 aromatic carbocycles. The zero-order chi connectivity index (χ0) is 14.4. The molecule has 0 spiro atoms. The van der Waals surface area contributed by atoms with Crippen molar-refractivity contribution < 1.29 is 0 Å². The maximum Gasteiger partial charge on any atom is 0.195 e. The fourth-order valence-electron chi connectivity index (χ4n) is 2.42. The van der Waals surface area contributed by atoms with E-state index in [1.807, 2.05) is 18.2 Å². The SMILES string of the molecule is N=C(N)N(Cc1ccccn1)C(=S)NC1CCCCC1. The van der Waals surface area contributed by atoms with Crippen LogP contribution in [0.2, 0.25) is 0 Å². The van der Waals surface area contributed by atoms with Crippen molar-refractivity contribution in [2.24, 2.45) is 5.73 Å². The molecule has 1 heterocycles. The standard InChI is InChI=1S/C14H21N5S/c15-13(16)19(10-12-8-4-5-9-17-12)14(20)18-11-6-2-1-3-7-11/h4-5,8-9,11H,1-3,6-7,10H2,(H3,15,16)(H,18,20). The molecule has 0 atom stereocenters. The first-order valence-corrected chi connectivity index (χ1v) is 7.39. The van der Waals surface area contributed by atoms with Crippen molar-refractivity contribution in [2.45, 2.75) is 44.7 Å². The average molecular weight is 291 g/mol. The minimum atomic E-state index is -0.0519. The van der Waals surface area contributed by atoms with Crippen LogP contribution < -0.4 is 11.1 Å². The number of aromatic nitrogens is 1. The summed E-state index contributed by atoms with van der Waals surface area (Å²) < 4.78 is 0. The van der Waals surface area contributed by atoms with Crippen LogP contribution in [-0.2, 0) is 6.54 Å². The minimum absolute atomic E-state index is 0.0519. The first-order chi connectivity index (χ1) is 9.66. The van der Waals surface area contributed by atoms with Gasteiger partial charge in [0.15, 0.2) is 11.1 Å². The lowest BCUT2D eigenvalue weighted by Crippen LogP contribution is -2.49. The van der Waals surface area contributed by atoms with Gasteiger partial charge < -0.3 is 11.1 Å². The average Bonchev–Trinajstić information content (AvgIpc) is 2.46. The van der Waals surface area contributed by atoms with Gasteiger partial charge in [0, 0.05) is 12.2 Å². The summed E-state index contributed by atoms with van der Waals surface area (Å²) in [5, 5.41) is 11.5. The third-order valence-corrected chi connectivity index (χ3v) is 3.85. The van der Waals surface area contributed by atoms with Gasteiger partial charge in [-0.05, 0) is 37.2 Å². The molecular weight excluding hydrogens is 270 g/mol. The van der Waals surface area contributed by atoms with E-state index in [-0.39, 0.29) is 5.96 Å². The highest BCUT2D eigenvalue weighted by atomic mass is 32.1. The lowest BCUT2D eigenvalue weighted by Gasteiger charge is -2.29. The number of rotatable bonds is 3. The number of guanidine groups is 1. The summed E-state index contributed by atoms with van der Waals surface area (Å²) in [6.45, 7) is 0.425. The summed E-state index contributed by atoms with van der Waals surface area (Å²) in [5.41, 5.74) is 6.49. The van der Waals surface area contributed by atoms with E-state index in [0.29, 0.717) is 17.7 Å². The molecule has 4 N–H and O–H groups in total. The lowest BCUT2D eigenvalue weighted by atomic mass is 9.96. The van der Waals surface area contributed by atoms with Crippen LogP contribution in [0.5, 0.6) is 0 Å². The number of nitrogens with one attached hydrogen (secondary N) is 2. The van der Waals surface area contributed by atoms with Crippen molar-refractivity contribution in [1.29, 1.82) is 5.41 Å². The molecule has 0 unspecified atom stereocenters. The van der Waals surface area contributed by atoms with Crippen molar-refractivity contribution in [3.05, 3.63) is 30.1 Å². The molecular formula is C14H21N5S. The Morgan fingerprint density at radius 1 is 1.40 bits per heavy atom. The van der Waals surface area contributed by atoms with Gasteiger partial charge in [-0.25, -0.2) is 0 Å². The van der Waals surface area contributed by atoms with Gasteiger partial charge in [-0.2, -0.15) is 0 Å². The first-order valence-electron chi connectivity index (χ1n) is 6.99. The Morgan fingerprint density at radius 2 is 2.15 bits per heavy atom. The van der Waals surface area contributed by atoms with Crippen LogP contribution in [0.1, 0.15) is 37.8 Å². The Labute approximate surface area is 125 Å². The summed E-state index contributed by atoms with van der Waals surface area (Å²) in [7, 11) is 0. The zero-order valence-corrected chi connectivity index (χ0v) is 12.3. The molecule has 1 aliphatic rings. The van der Waals surface area contributed by atoms with Gasteiger partial charge in [-0.15, -0.1) is 0 Å². The number of thiocarbonyl (C=S) groups is 1. The maximum atomic E-state index is 7.70. The molecule has 1 aliphatic carbocycles. The summed E-state index contributed by atoms with van der Waals surface area (Å²) in [6, 6.07) is 6.08. The molecule has 0 bridgehead atoms. The van der Waals surface area contributed by atoms with Crippen LogP contribution in [0.3, 0.4) is 0 Å². The normalized spacial score (nSPS) is 15.6. The fourth-order valence-corrected chi connectivity index (χ4v) is 2.75. The van der Waals surface area contributed by atoms with Crippen LogP contribution in [0.15, 0.2) is 24.4 Å². The molecule has 2 rings (SSSR count). The fraction of sp³-hybridized carbons (Fsp3) is 0.500. The van der Waals surface area contributed by atoms with Gasteiger partial charge in [0.05, 0.1) is 12.2 Å². The molecule has 1 saturated carbocycles. The van der Waals surface area contributed by atoms with Crippen LogP contribution in [0, 0.1) is 5.41 Å². The van der Waals surface area contributed by atoms with Gasteiger partial charge in [-0.3, -0.25) is 15.3 Å². The van der Waals surface area contributed by atoms with E-state index in [9.17, 15) is 0 Å². The Balaban J connectivity index is 1.97. The highest BCUT2D eigenvalue weighted by Crippen LogP contribution is 2.17. The molecule has 20 heavy (non-hydrogen) atoms. The molecule has 6 heteroatoms. The molecule has 0 amide bonds. The topological polar surface area (TPSA) is 78.0 Å². The van der Waals surface area contributed by atoms with Crippen molar-refractivity contribution in [1.82, 2.24) is 15.2 Å². The van der Waals surface area contributed by atoms with Crippen molar-refractivity contribution in [3.63, 3.8) is 0 Å². The highest BCUT2D eigenvalue weighted by molar-refractivity contribution is 7.80. The Hall–Kier alpha value is -1.69. The van der Waals surface area contributed by atoms with E-state index >= 15 is 0 Å². The number of hydrogen-bond donors (Lipinski definition) is 3. The van der Waals surface area contributed by atoms with E-state index in [4.69, 9.17) is 23.4 Å². The number of pyridine rings is 1. The molecule has 108 valence electrons. The summed E-state index contributed by atoms with van der Waals surface area (Å²) >= 11 is 5.40. The largest absolute Gasteiger partial charge is 0.370 e. The molecule has 0 radical (unpaired) electrons.